The zero-order valence-corrected chi connectivity index (χ0v) is 11.5. The lowest BCUT2D eigenvalue weighted by atomic mass is 10.2. The quantitative estimate of drug-likeness (QED) is 0.591. The Kier molecular flexibility index (Phi) is 4.08. The summed E-state index contributed by atoms with van der Waals surface area (Å²) < 4.78 is 0. The zero-order chi connectivity index (χ0) is 12.3. The predicted molar refractivity (Wildman–Crippen MR) is 74.7 cm³/mol. The highest BCUT2D eigenvalue weighted by Gasteiger charge is 2.02. The van der Waals surface area contributed by atoms with Crippen LogP contribution in [0.15, 0.2) is 41.4 Å². The summed E-state index contributed by atoms with van der Waals surface area (Å²) in [5.41, 5.74) is 3.81. The van der Waals surface area contributed by atoms with Gasteiger partial charge in [-0.3, -0.25) is 0 Å². The predicted octanol–water partition coefficient (Wildman–Crippen LogP) is 4.64. The number of rotatable bonds is 3. The number of aromatic nitrogens is 1. The van der Waals surface area contributed by atoms with Crippen LogP contribution in [0.3, 0.4) is 0 Å². The van der Waals surface area contributed by atoms with E-state index in [1.54, 1.807) is 11.8 Å². The van der Waals surface area contributed by atoms with Crippen LogP contribution in [-0.2, 0) is 5.75 Å². The minimum atomic E-state index is 0.558. The second-order valence-corrected chi connectivity index (χ2v) is 5.45. The SMILES string of the molecule is Cc1cccc(CSc2cc(Cl)ncc2C)c1. The van der Waals surface area contributed by atoms with E-state index in [0.717, 1.165) is 5.75 Å². The van der Waals surface area contributed by atoms with E-state index < -0.39 is 0 Å². The van der Waals surface area contributed by atoms with Crippen LogP contribution in [0, 0.1) is 13.8 Å². The lowest BCUT2D eigenvalue weighted by Crippen LogP contribution is -1.86. The van der Waals surface area contributed by atoms with Crippen LogP contribution < -0.4 is 0 Å². The Morgan fingerprint density at radius 1 is 1.24 bits per heavy atom. The van der Waals surface area contributed by atoms with E-state index in [-0.39, 0.29) is 0 Å². The summed E-state index contributed by atoms with van der Waals surface area (Å²) in [7, 11) is 0. The molecule has 2 rings (SSSR count). The van der Waals surface area contributed by atoms with E-state index in [1.165, 1.54) is 21.6 Å². The maximum atomic E-state index is 5.90. The van der Waals surface area contributed by atoms with Crippen molar-refractivity contribution in [3.8, 4) is 0 Å². The first-order valence-corrected chi connectivity index (χ1v) is 6.82. The van der Waals surface area contributed by atoms with Crippen molar-refractivity contribution in [2.45, 2.75) is 24.5 Å². The number of pyridine rings is 1. The molecule has 0 spiro atoms. The molecule has 0 unspecified atom stereocenters. The molecule has 0 radical (unpaired) electrons. The molecule has 0 aliphatic rings. The number of aryl methyl sites for hydroxylation is 2. The van der Waals surface area contributed by atoms with Crippen molar-refractivity contribution in [3.63, 3.8) is 0 Å². The Hall–Kier alpha value is -0.990. The van der Waals surface area contributed by atoms with Gasteiger partial charge in [-0.15, -0.1) is 11.8 Å². The number of halogens is 1. The third-order valence-electron chi connectivity index (χ3n) is 2.50. The van der Waals surface area contributed by atoms with E-state index in [9.17, 15) is 0 Å². The molecule has 2 aromatic rings. The first kappa shape index (κ1) is 12.5. The lowest BCUT2D eigenvalue weighted by Gasteiger charge is -2.06. The van der Waals surface area contributed by atoms with Crippen molar-refractivity contribution in [1.82, 2.24) is 4.98 Å². The Labute approximate surface area is 111 Å². The fourth-order valence-corrected chi connectivity index (χ4v) is 2.80. The number of nitrogens with zero attached hydrogens (tertiary/aromatic N) is 1. The number of thioether (sulfide) groups is 1. The van der Waals surface area contributed by atoms with Crippen LogP contribution in [0.1, 0.15) is 16.7 Å². The molecular weight excluding hydrogens is 250 g/mol. The minimum Gasteiger partial charge on any atom is -0.244 e. The highest BCUT2D eigenvalue weighted by molar-refractivity contribution is 7.98. The summed E-state index contributed by atoms with van der Waals surface area (Å²) in [6.07, 6.45) is 1.82. The molecule has 0 bridgehead atoms. The first-order valence-electron chi connectivity index (χ1n) is 5.45. The average molecular weight is 264 g/mol. The zero-order valence-electron chi connectivity index (χ0n) is 9.90. The largest absolute Gasteiger partial charge is 0.244 e. The molecule has 3 heteroatoms. The fourth-order valence-electron chi connectivity index (χ4n) is 1.60. The fraction of sp³-hybridized carbons (Fsp3) is 0.214. The maximum Gasteiger partial charge on any atom is 0.130 e. The highest BCUT2D eigenvalue weighted by Crippen LogP contribution is 2.27. The van der Waals surface area contributed by atoms with Crippen molar-refractivity contribution < 1.29 is 0 Å². The van der Waals surface area contributed by atoms with Gasteiger partial charge >= 0.3 is 0 Å². The summed E-state index contributed by atoms with van der Waals surface area (Å²) in [5.74, 6) is 0.961. The molecule has 0 aliphatic carbocycles. The molecular formula is C14H14ClNS. The Balaban J connectivity index is 2.09. The molecule has 0 saturated carbocycles. The summed E-state index contributed by atoms with van der Waals surface area (Å²) >= 11 is 7.70. The van der Waals surface area contributed by atoms with Gasteiger partial charge < -0.3 is 0 Å². The normalized spacial score (nSPS) is 10.5. The first-order chi connectivity index (χ1) is 8.15. The molecule has 1 nitrogen and oxygen atoms in total. The van der Waals surface area contributed by atoms with Crippen molar-refractivity contribution in [2.75, 3.05) is 0 Å². The van der Waals surface area contributed by atoms with Gasteiger partial charge in [0.15, 0.2) is 0 Å². The summed E-state index contributed by atoms with van der Waals surface area (Å²) in [4.78, 5) is 5.26. The second-order valence-electron chi connectivity index (χ2n) is 4.05. The van der Waals surface area contributed by atoms with Gasteiger partial charge in [0.2, 0.25) is 0 Å². The summed E-state index contributed by atoms with van der Waals surface area (Å²) in [6, 6.07) is 10.5. The van der Waals surface area contributed by atoms with Crippen LogP contribution in [0.25, 0.3) is 0 Å². The van der Waals surface area contributed by atoms with E-state index in [0.29, 0.717) is 5.15 Å². The molecule has 0 aliphatic heterocycles. The standard InChI is InChI=1S/C14H14ClNS/c1-10-4-3-5-12(6-10)9-17-13-7-14(15)16-8-11(13)2/h3-8H,9H2,1-2H3. The Morgan fingerprint density at radius 3 is 2.82 bits per heavy atom. The van der Waals surface area contributed by atoms with Gasteiger partial charge in [0.1, 0.15) is 5.15 Å². The van der Waals surface area contributed by atoms with Gasteiger partial charge in [-0.05, 0) is 31.0 Å². The van der Waals surface area contributed by atoms with Crippen molar-refractivity contribution in [2.24, 2.45) is 0 Å². The van der Waals surface area contributed by atoms with Gasteiger partial charge in [0.05, 0.1) is 0 Å². The molecule has 0 atom stereocenters. The van der Waals surface area contributed by atoms with E-state index in [4.69, 9.17) is 11.6 Å². The van der Waals surface area contributed by atoms with Crippen LogP contribution in [0.5, 0.6) is 0 Å². The summed E-state index contributed by atoms with van der Waals surface area (Å²) in [5, 5.41) is 0.558. The lowest BCUT2D eigenvalue weighted by molar-refractivity contribution is 1.18. The second kappa shape index (κ2) is 5.56. The van der Waals surface area contributed by atoms with Gasteiger partial charge in [-0.1, -0.05) is 41.4 Å². The van der Waals surface area contributed by atoms with Gasteiger partial charge in [0, 0.05) is 16.8 Å². The van der Waals surface area contributed by atoms with Gasteiger partial charge in [0.25, 0.3) is 0 Å². The average Bonchev–Trinajstić information content (AvgIpc) is 2.30. The van der Waals surface area contributed by atoms with Crippen molar-refractivity contribution >= 4 is 23.4 Å². The molecule has 1 aromatic heterocycles. The van der Waals surface area contributed by atoms with E-state index in [1.807, 2.05) is 12.3 Å². The van der Waals surface area contributed by atoms with E-state index in [2.05, 4.69) is 43.1 Å². The maximum absolute atomic E-state index is 5.90. The molecule has 0 amide bonds. The number of hydrogen-bond acceptors (Lipinski definition) is 2. The molecule has 0 fully saturated rings. The Morgan fingerprint density at radius 2 is 2.06 bits per heavy atom. The molecule has 0 N–H and O–H groups in total. The monoisotopic (exact) mass is 263 g/mol. The highest BCUT2D eigenvalue weighted by atomic mass is 35.5. The van der Waals surface area contributed by atoms with Crippen LogP contribution in [0.4, 0.5) is 0 Å². The molecule has 0 saturated heterocycles. The third kappa shape index (κ3) is 3.48. The Bertz CT molecular complexity index is 525. The number of hydrogen-bond donors (Lipinski definition) is 0. The summed E-state index contributed by atoms with van der Waals surface area (Å²) in [6.45, 7) is 4.17. The molecule has 88 valence electrons. The van der Waals surface area contributed by atoms with Crippen molar-refractivity contribution in [3.05, 3.63) is 58.4 Å². The number of benzene rings is 1. The van der Waals surface area contributed by atoms with Crippen LogP contribution in [-0.4, -0.2) is 4.98 Å². The molecule has 1 aromatic carbocycles. The molecule has 1 heterocycles. The minimum absolute atomic E-state index is 0.558. The van der Waals surface area contributed by atoms with Gasteiger partial charge in [-0.2, -0.15) is 0 Å². The van der Waals surface area contributed by atoms with E-state index >= 15 is 0 Å². The third-order valence-corrected chi connectivity index (χ3v) is 3.93. The smallest absolute Gasteiger partial charge is 0.130 e. The topological polar surface area (TPSA) is 12.9 Å². The molecule has 17 heavy (non-hydrogen) atoms. The van der Waals surface area contributed by atoms with Crippen LogP contribution in [0.2, 0.25) is 5.15 Å². The van der Waals surface area contributed by atoms with Crippen LogP contribution >= 0.6 is 23.4 Å². The van der Waals surface area contributed by atoms with Gasteiger partial charge in [-0.25, -0.2) is 4.98 Å². The van der Waals surface area contributed by atoms with Crippen molar-refractivity contribution in [1.29, 1.82) is 0 Å².